The minimum Gasteiger partial charge on any atom is -0.493 e. The number of hydrogen-bond donors (Lipinski definition) is 0. The highest BCUT2D eigenvalue weighted by atomic mass is 16.5. The third-order valence-corrected chi connectivity index (χ3v) is 4.85. The molecular weight excluding hydrogens is 328 g/mol. The second-order valence-corrected chi connectivity index (χ2v) is 6.80. The summed E-state index contributed by atoms with van der Waals surface area (Å²) in [6.07, 6.45) is 3.95. The van der Waals surface area contributed by atoms with E-state index in [2.05, 4.69) is 4.98 Å². The van der Waals surface area contributed by atoms with Gasteiger partial charge >= 0.3 is 0 Å². The maximum Gasteiger partial charge on any atom is 0.227 e. The van der Waals surface area contributed by atoms with Crippen LogP contribution in [0.1, 0.15) is 18.4 Å². The third-order valence-electron chi connectivity index (χ3n) is 4.85. The molecule has 0 aliphatic carbocycles. The first kappa shape index (κ1) is 16.6. The van der Waals surface area contributed by atoms with Gasteiger partial charge in [0.05, 0.1) is 13.0 Å². The van der Waals surface area contributed by atoms with Crippen LogP contribution >= 0.6 is 0 Å². The Morgan fingerprint density at radius 1 is 1.23 bits per heavy atom. The van der Waals surface area contributed by atoms with Gasteiger partial charge in [0, 0.05) is 19.0 Å². The van der Waals surface area contributed by atoms with Crippen molar-refractivity contribution in [1.29, 1.82) is 0 Å². The summed E-state index contributed by atoms with van der Waals surface area (Å²) in [6, 6.07) is 15.6. The number of piperidine rings is 1. The number of likely N-dealkylation sites (tertiary alicyclic amines) is 1. The number of aromatic nitrogens is 1. The summed E-state index contributed by atoms with van der Waals surface area (Å²) in [7, 11) is 0. The minimum absolute atomic E-state index is 0.164. The van der Waals surface area contributed by atoms with Crippen LogP contribution in [0, 0.1) is 5.92 Å². The first-order chi connectivity index (χ1) is 12.8. The molecule has 134 valence electrons. The molecule has 1 amide bonds. The molecular formula is C21H22N2O3. The number of hydrogen-bond acceptors (Lipinski definition) is 4. The van der Waals surface area contributed by atoms with Crippen molar-refractivity contribution in [3.8, 4) is 5.75 Å². The fourth-order valence-electron chi connectivity index (χ4n) is 3.46. The lowest BCUT2D eigenvalue weighted by Crippen LogP contribution is -2.42. The molecule has 5 heteroatoms. The summed E-state index contributed by atoms with van der Waals surface area (Å²) < 4.78 is 11.1. The number of oxazole rings is 1. The zero-order valence-corrected chi connectivity index (χ0v) is 14.6. The number of carbonyl (C=O) groups excluding carboxylic acids is 1. The predicted molar refractivity (Wildman–Crippen MR) is 99.0 cm³/mol. The Bertz CT molecular complexity index is 875. The molecule has 0 radical (unpaired) electrons. The van der Waals surface area contributed by atoms with Crippen molar-refractivity contribution in [1.82, 2.24) is 9.88 Å². The normalized spacial score (nSPS) is 17.4. The fourth-order valence-corrected chi connectivity index (χ4v) is 3.46. The number of nitrogens with zero attached hydrogens (tertiary/aromatic N) is 2. The number of benzene rings is 2. The number of para-hydroxylation sites is 1. The van der Waals surface area contributed by atoms with Crippen molar-refractivity contribution in [2.45, 2.75) is 19.3 Å². The van der Waals surface area contributed by atoms with Crippen molar-refractivity contribution in [2.24, 2.45) is 5.92 Å². The van der Waals surface area contributed by atoms with E-state index in [1.165, 1.54) is 6.39 Å². The minimum atomic E-state index is 0.164. The summed E-state index contributed by atoms with van der Waals surface area (Å²) in [5.41, 5.74) is 2.51. The number of carbonyl (C=O) groups is 1. The predicted octanol–water partition coefficient (Wildman–Crippen LogP) is 3.69. The van der Waals surface area contributed by atoms with Gasteiger partial charge in [-0.2, -0.15) is 0 Å². The van der Waals surface area contributed by atoms with E-state index in [-0.39, 0.29) is 5.91 Å². The molecule has 2 heterocycles. The molecule has 1 unspecified atom stereocenters. The van der Waals surface area contributed by atoms with Crippen LogP contribution < -0.4 is 4.74 Å². The van der Waals surface area contributed by atoms with Gasteiger partial charge in [-0.25, -0.2) is 4.98 Å². The second kappa shape index (κ2) is 7.60. The molecule has 2 aromatic carbocycles. The maximum atomic E-state index is 12.7. The van der Waals surface area contributed by atoms with Gasteiger partial charge in [0.15, 0.2) is 12.0 Å². The summed E-state index contributed by atoms with van der Waals surface area (Å²) in [5.74, 6) is 1.43. The number of amides is 1. The van der Waals surface area contributed by atoms with Gasteiger partial charge in [-0.1, -0.05) is 24.3 Å². The van der Waals surface area contributed by atoms with Gasteiger partial charge < -0.3 is 14.1 Å². The van der Waals surface area contributed by atoms with Gasteiger partial charge in [-0.05, 0) is 42.7 Å². The van der Waals surface area contributed by atoms with Gasteiger partial charge in [0.1, 0.15) is 11.3 Å². The van der Waals surface area contributed by atoms with Gasteiger partial charge in [0.2, 0.25) is 5.91 Å². The molecule has 5 nitrogen and oxygen atoms in total. The largest absolute Gasteiger partial charge is 0.493 e. The van der Waals surface area contributed by atoms with Crippen LogP contribution in [0.5, 0.6) is 5.75 Å². The second-order valence-electron chi connectivity index (χ2n) is 6.80. The van der Waals surface area contributed by atoms with Crippen LogP contribution in [-0.4, -0.2) is 35.5 Å². The molecule has 1 saturated heterocycles. The topological polar surface area (TPSA) is 55.6 Å². The van der Waals surface area contributed by atoms with Crippen molar-refractivity contribution in [3.05, 3.63) is 60.5 Å². The highest BCUT2D eigenvalue weighted by Gasteiger charge is 2.24. The Balaban J connectivity index is 1.33. The molecule has 1 aromatic heterocycles. The van der Waals surface area contributed by atoms with Crippen molar-refractivity contribution in [3.63, 3.8) is 0 Å². The van der Waals surface area contributed by atoms with Crippen LogP contribution in [0.25, 0.3) is 11.1 Å². The van der Waals surface area contributed by atoms with E-state index in [0.29, 0.717) is 18.9 Å². The zero-order valence-electron chi connectivity index (χ0n) is 14.6. The smallest absolute Gasteiger partial charge is 0.227 e. The Kier molecular flexibility index (Phi) is 4.86. The molecule has 0 bridgehead atoms. The first-order valence-electron chi connectivity index (χ1n) is 9.06. The van der Waals surface area contributed by atoms with E-state index >= 15 is 0 Å². The Hall–Kier alpha value is -2.82. The summed E-state index contributed by atoms with van der Waals surface area (Å²) in [6.45, 7) is 2.24. The Morgan fingerprint density at radius 2 is 2.12 bits per heavy atom. The van der Waals surface area contributed by atoms with Crippen LogP contribution in [0.2, 0.25) is 0 Å². The van der Waals surface area contributed by atoms with E-state index in [0.717, 1.165) is 48.3 Å². The first-order valence-corrected chi connectivity index (χ1v) is 9.06. The Morgan fingerprint density at radius 3 is 3.00 bits per heavy atom. The average Bonchev–Trinajstić information content (AvgIpc) is 3.15. The van der Waals surface area contributed by atoms with Crippen molar-refractivity contribution < 1.29 is 13.9 Å². The quantitative estimate of drug-likeness (QED) is 0.704. The molecule has 4 rings (SSSR count). The maximum absolute atomic E-state index is 12.7. The highest BCUT2D eigenvalue weighted by Crippen LogP contribution is 2.20. The van der Waals surface area contributed by atoms with Gasteiger partial charge in [0.25, 0.3) is 0 Å². The van der Waals surface area contributed by atoms with E-state index in [1.54, 1.807) is 0 Å². The molecule has 1 fully saturated rings. The summed E-state index contributed by atoms with van der Waals surface area (Å²) in [5, 5.41) is 0. The number of ether oxygens (including phenoxy) is 1. The number of fused-ring (bicyclic) bond motifs is 1. The standard InChI is InChI=1S/C21H22N2O3/c24-21(12-16-8-9-20-19(11-16)22-15-26-20)23-10-4-5-17(13-23)14-25-18-6-2-1-3-7-18/h1-3,6-9,11,15,17H,4-5,10,12-14H2. The monoisotopic (exact) mass is 350 g/mol. The third kappa shape index (κ3) is 3.87. The summed E-state index contributed by atoms with van der Waals surface area (Å²) >= 11 is 0. The van der Waals surface area contributed by atoms with Crippen LogP contribution in [-0.2, 0) is 11.2 Å². The number of rotatable bonds is 5. The zero-order chi connectivity index (χ0) is 17.8. The Labute approximate surface area is 152 Å². The van der Waals surface area contributed by atoms with Crippen LogP contribution in [0.4, 0.5) is 0 Å². The van der Waals surface area contributed by atoms with Crippen molar-refractivity contribution in [2.75, 3.05) is 19.7 Å². The molecule has 1 aliphatic heterocycles. The molecule has 26 heavy (non-hydrogen) atoms. The molecule has 1 aliphatic rings. The fraction of sp³-hybridized carbons (Fsp3) is 0.333. The lowest BCUT2D eigenvalue weighted by Gasteiger charge is -2.32. The van der Waals surface area contributed by atoms with Crippen LogP contribution in [0.15, 0.2) is 59.3 Å². The van der Waals surface area contributed by atoms with Gasteiger partial charge in [-0.3, -0.25) is 4.79 Å². The lowest BCUT2D eigenvalue weighted by atomic mass is 9.98. The van der Waals surface area contributed by atoms with E-state index in [1.807, 2.05) is 53.4 Å². The molecule has 0 spiro atoms. The van der Waals surface area contributed by atoms with Crippen LogP contribution in [0.3, 0.4) is 0 Å². The molecule has 0 N–H and O–H groups in total. The molecule has 0 saturated carbocycles. The molecule has 1 atom stereocenters. The van der Waals surface area contributed by atoms with Gasteiger partial charge in [-0.15, -0.1) is 0 Å². The van der Waals surface area contributed by atoms with E-state index < -0.39 is 0 Å². The van der Waals surface area contributed by atoms with E-state index in [9.17, 15) is 4.79 Å². The highest BCUT2D eigenvalue weighted by molar-refractivity contribution is 5.81. The molecule has 3 aromatic rings. The van der Waals surface area contributed by atoms with E-state index in [4.69, 9.17) is 9.15 Å². The SMILES string of the molecule is O=C(Cc1ccc2ocnc2c1)N1CCCC(COc2ccccc2)C1. The lowest BCUT2D eigenvalue weighted by molar-refractivity contribution is -0.132. The van der Waals surface area contributed by atoms with Crippen molar-refractivity contribution >= 4 is 17.0 Å². The summed E-state index contributed by atoms with van der Waals surface area (Å²) in [4.78, 5) is 18.8. The average molecular weight is 350 g/mol.